The van der Waals surface area contributed by atoms with E-state index in [1.807, 2.05) is 6.07 Å². The molecule has 0 saturated carbocycles. The van der Waals surface area contributed by atoms with E-state index in [9.17, 15) is 8.42 Å². The van der Waals surface area contributed by atoms with Gasteiger partial charge in [-0.15, -0.1) is 0 Å². The lowest BCUT2D eigenvalue weighted by Crippen LogP contribution is -2.14. The molecule has 3 rings (SSSR count). The number of anilines is 1. The molecular formula is C13H8BrCl2N3O2S. The zero-order valence-corrected chi connectivity index (χ0v) is 14.7. The number of fused-ring (bicyclic) bond motifs is 1. The highest BCUT2D eigenvalue weighted by molar-refractivity contribution is 9.10. The van der Waals surface area contributed by atoms with Crippen LogP contribution in [0.3, 0.4) is 0 Å². The SMILES string of the molecule is O=S(=O)(Nc1cccc2cn[nH]c12)c1c(Cl)cc(Br)cc1Cl. The summed E-state index contributed by atoms with van der Waals surface area (Å²) in [7, 11) is -3.94. The number of hydrogen-bond donors (Lipinski definition) is 2. The van der Waals surface area contributed by atoms with Crippen molar-refractivity contribution in [2.45, 2.75) is 4.90 Å². The van der Waals surface area contributed by atoms with Crippen LogP contribution < -0.4 is 4.72 Å². The summed E-state index contributed by atoms with van der Waals surface area (Å²) < 4.78 is 28.3. The number of sulfonamides is 1. The number of para-hydroxylation sites is 1. The lowest BCUT2D eigenvalue weighted by molar-refractivity contribution is 0.601. The van der Waals surface area contributed by atoms with Gasteiger partial charge >= 0.3 is 0 Å². The fourth-order valence-electron chi connectivity index (χ4n) is 2.04. The average molecular weight is 421 g/mol. The van der Waals surface area contributed by atoms with Crippen LogP contribution in [0.4, 0.5) is 5.69 Å². The molecule has 0 unspecified atom stereocenters. The molecule has 22 heavy (non-hydrogen) atoms. The first-order valence-corrected chi connectivity index (χ1v) is 9.01. The summed E-state index contributed by atoms with van der Waals surface area (Å²) in [6.07, 6.45) is 1.60. The zero-order valence-electron chi connectivity index (χ0n) is 10.8. The quantitative estimate of drug-likeness (QED) is 0.657. The normalized spacial score (nSPS) is 11.8. The van der Waals surface area contributed by atoms with Crippen LogP contribution in [0, 0.1) is 0 Å². The van der Waals surface area contributed by atoms with Crippen LogP contribution in [0.2, 0.25) is 10.0 Å². The van der Waals surface area contributed by atoms with E-state index in [2.05, 4.69) is 30.8 Å². The molecule has 0 aliphatic heterocycles. The highest BCUT2D eigenvalue weighted by atomic mass is 79.9. The van der Waals surface area contributed by atoms with Crippen LogP contribution in [-0.2, 0) is 10.0 Å². The number of hydrogen-bond acceptors (Lipinski definition) is 3. The first-order chi connectivity index (χ1) is 10.4. The fraction of sp³-hybridized carbons (Fsp3) is 0. The Morgan fingerprint density at radius 3 is 2.55 bits per heavy atom. The molecule has 0 atom stereocenters. The number of halogens is 3. The maximum absolute atomic E-state index is 12.6. The summed E-state index contributed by atoms with van der Waals surface area (Å²) in [4.78, 5) is -0.171. The van der Waals surface area contributed by atoms with Gasteiger partial charge in [-0.05, 0) is 18.2 Å². The monoisotopic (exact) mass is 419 g/mol. The van der Waals surface area contributed by atoms with Crippen LogP contribution in [0.1, 0.15) is 0 Å². The number of nitrogens with one attached hydrogen (secondary N) is 2. The van der Waals surface area contributed by atoms with Crippen LogP contribution in [0.25, 0.3) is 10.9 Å². The molecule has 0 bridgehead atoms. The van der Waals surface area contributed by atoms with E-state index in [1.54, 1.807) is 18.3 Å². The molecule has 1 heterocycles. The van der Waals surface area contributed by atoms with E-state index in [4.69, 9.17) is 23.2 Å². The van der Waals surface area contributed by atoms with E-state index < -0.39 is 10.0 Å². The Kier molecular flexibility index (Phi) is 4.07. The highest BCUT2D eigenvalue weighted by Gasteiger charge is 2.23. The second-order valence-electron chi connectivity index (χ2n) is 4.44. The number of H-pyrrole nitrogens is 1. The van der Waals surface area contributed by atoms with Gasteiger partial charge in [-0.1, -0.05) is 51.3 Å². The van der Waals surface area contributed by atoms with Gasteiger partial charge in [-0.25, -0.2) is 8.42 Å². The molecule has 5 nitrogen and oxygen atoms in total. The van der Waals surface area contributed by atoms with Crippen LogP contribution >= 0.6 is 39.1 Å². The van der Waals surface area contributed by atoms with Crippen molar-refractivity contribution in [3.8, 4) is 0 Å². The number of rotatable bonds is 3. The van der Waals surface area contributed by atoms with Crippen LogP contribution in [0.15, 0.2) is 45.9 Å². The van der Waals surface area contributed by atoms with Gasteiger partial charge in [0.15, 0.2) is 0 Å². The molecule has 0 spiro atoms. The Morgan fingerprint density at radius 1 is 1.18 bits per heavy atom. The predicted octanol–water partition coefficient (Wildman–Crippen LogP) is 4.43. The van der Waals surface area contributed by atoms with Crippen LogP contribution in [0.5, 0.6) is 0 Å². The maximum atomic E-state index is 12.6. The van der Waals surface area contributed by atoms with E-state index >= 15 is 0 Å². The molecule has 0 aliphatic rings. The molecule has 1 aromatic heterocycles. The number of benzene rings is 2. The number of aromatic nitrogens is 2. The zero-order chi connectivity index (χ0) is 15.9. The van der Waals surface area contributed by atoms with Crippen molar-refractivity contribution < 1.29 is 8.42 Å². The van der Waals surface area contributed by atoms with Gasteiger partial charge in [0.05, 0.1) is 27.4 Å². The fourth-order valence-corrected chi connectivity index (χ4v) is 5.05. The summed E-state index contributed by atoms with van der Waals surface area (Å²) >= 11 is 15.3. The smallest absolute Gasteiger partial charge is 0.264 e. The molecule has 9 heteroatoms. The van der Waals surface area contributed by atoms with E-state index in [1.165, 1.54) is 12.1 Å². The first kappa shape index (κ1) is 15.6. The third kappa shape index (κ3) is 2.81. The summed E-state index contributed by atoms with van der Waals surface area (Å²) in [6, 6.07) is 8.10. The lowest BCUT2D eigenvalue weighted by Gasteiger charge is -2.12. The van der Waals surface area contributed by atoms with Crippen LogP contribution in [-0.4, -0.2) is 18.6 Å². The Morgan fingerprint density at radius 2 is 1.86 bits per heavy atom. The van der Waals surface area contributed by atoms with Crippen molar-refractivity contribution in [1.82, 2.24) is 10.2 Å². The standard InChI is InChI=1S/C13H8BrCl2N3O2S/c14-8-4-9(15)13(10(16)5-8)22(20,21)19-11-3-1-2-7-6-17-18-12(7)11/h1-6,19H,(H,17,18). The average Bonchev–Trinajstić information content (AvgIpc) is 2.85. The predicted molar refractivity (Wildman–Crippen MR) is 91.1 cm³/mol. The molecule has 0 fully saturated rings. The Balaban J connectivity index is 2.10. The summed E-state index contributed by atoms with van der Waals surface area (Å²) in [6.45, 7) is 0. The summed E-state index contributed by atoms with van der Waals surface area (Å²) in [5.74, 6) is 0. The third-order valence-corrected chi connectivity index (χ3v) is 5.70. The molecule has 114 valence electrons. The van der Waals surface area contributed by atoms with Crippen molar-refractivity contribution >= 4 is 65.7 Å². The Hall–Kier alpha value is -1.28. The van der Waals surface area contributed by atoms with Gasteiger partial charge in [-0.3, -0.25) is 9.82 Å². The van der Waals surface area contributed by atoms with E-state index in [0.717, 1.165) is 5.39 Å². The first-order valence-electron chi connectivity index (χ1n) is 5.98. The van der Waals surface area contributed by atoms with Gasteiger partial charge < -0.3 is 0 Å². The molecule has 2 aromatic carbocycles. The minimum absolute atomic E-state index is 0.0312. The summed E-state index contributed by atoms with van der Waals surface area (Å²) in [5, 5.41) is 7.49. The Labute approximate surface area is 144 Å². The Bertz CT molecular complexity index is 949. The van der Waals surface area contributed by atoms with Gasteiger partial charge in [0.2, 0.25) is 0 Å². The van der Waals surface area contributed by atoms with Crippen molar-refractivity contribution in [3.63, 3.8) is 0 Å². The van der Waals surface area contributed by atoms with Gasteiger partial charge in [0, 0.05) is 9.86 Å². The second-order valence-corrected chi connectivity index (χ2v) is 7.79. The van der Waals surface area contributed by atoms with Gasteiger partial charge in [0.1, 0.15) is 4.90 Å². The molecule has 0 radical (unpaired) electrons. The minimum atomic E-state index is -3.94. The topological polar surface area (TPSA) is 74.8 Å². The third-order valence-electron chi connectivity index (χ3n) is 2.95. The van der Waals surface area contributed by atoms with Gasteiger partial charge in [-0.2, -0.15) is 5.10 Å². The lowest BCUT2D eigenvalue weighted by atomic mass is 10.2. The van der Waals surface area contributed by atoms with Crippen molar-refractivity contribution in [3.05, 3.63) is 51.0 Å². The number of aromatic amines is 1. The molecular weight excluding hydrogens is 413 g/mol. The summed E-state index contributed by atoms with van der Waals surface area (Å²) in [5.41, 5.74) is 0.945. The molecule has 3 aromatic rings. The maximum Gasteiger partial charge on any atom is 0.264 e. The minimum Gasteiger partial charge on any atom is -0.277 e. The number of nitrogens with zero attached hydrogens (tertiary/aromatic N) is 1. The van der Waals surface area contributed by atoms with E-state index in [0.29, 0.717) is 15.7 Å². The largest absolute Gasteiger partial charge is 0.277 e. The molecule has 0 saturated heterocycles. The van der Waals surface area contributed by atoms with Crippen molar-refractivity contribution in [2.24, 2.45) is 0 Å². The van der Waals surface area contributed by atoms with Crippen molar-refractivity contribution in [2.75, 3.05) is 4.72 Å². The second kappa shape index (κ2) is 5.73. The highest BCUT2D eigenvalue weighted by Crippen LogP contribution is 2.34. The molecule has 0 amide bonds. The molecule has 2 N–H and O–H groups in total. The molecule has 0 aliphatic carbocycles. The van der Waals surface area contributed by atoms with Gasteiger partial charge in [0.25, 0.3) is 10.0 Å². The van der Waals surface area contributed by atoms with E-state index in [-0.39, 0.29) is 14.9 Å². The van der Waals surface area contributed by atoms with Crippen molar-refractivity contribution in [1.29, 1.82) is 0 Å².